The second-order valence-corrected chi connectivity index (χ2v) is 9.44. The Balaban J connectivity index is 1.59. The van der Waals surface area contributed by atoms with Crippen LogP contribution in [0, 0.1) is 15.9 Å². The number of rotatable bonds is 4. The molecular weight excluding hydrogens is 493 g/mol. The van der Waals surface area contributed by atoms with Gasteiger partial charge in [-0.1, -0.05) is 11.6 Å². The summed E-state index contributed by atoms with van der Waals surface area (Å²) >= 11 is 6.10. The highest BCUT2D eigenvalue weighted by Gasteiger charge is 2.31. The number of aromatic nitrogens is 1. The topological polar surface area (TPSA) is 110 Å². The molecule has 188 valence electrons. The van der Waals surface area contributed by atoms with Gasteiger partial charge in [-0.2, -0.15) is 0 Å². The molecule has 2 aliphatic heterocycles. The molecule has 1 fully saturated rings. The molecule has 1 saturated heterocycles. The normalized spacial score (nSPS) is 17.7. The van der Waals surface area contributed by atoms with Crippen LogP contribution in [-0.2, 0) is 0 Å². The summed E-state index contributed by atoms with van der Waals surface area (Å²) in [5.41, 5.74) is -0.215. The molecule has 12 heteroatoms. The molecule has 1 N–H and O–H groups in total. The Hall–Kier alpha value is -3.70. The largest absolute Gasteiger partial charge is 0.487 e. The highest BCUT2D eigenvalue weighted by molar-refractivity contribution is 6.34. The number of benzene rings is 2. The van der Waals surface area contributed by atoms with E-state index >= 15 is 4.39 Å². The van der Waals surface area contributed by atoms with Crippen molar-refractivity contribution in [1.29, 1.82) is 0 Å². The number of nitrogens with one attached hydrogen (secondary N) is 1. The Labute approximate surface area is 210 Å². The Morgan fingerprint density at radius 1 is 1.25 bits per heavy atom. The average Bonchev–Trinajstić information content (AvgIpc) is 2.84. The van der Waals surface area contributed by atoms with Crippen molar-refractivity contribution in [2.75, 3.05) is 50.1 Å². The highest BCUT2D eigenvalue weighted by atomic mass is 35.5. The number of anilines is 2. The summed E-state index contributed by atoms with van der Waals surface area (Å²) in [5.74, 6) is -1.04. The van der Waals surface area contributed by atoms with Gasteiger partial charge in [0.25, 0.3) is 11.6 Å². The van der Waals surface area contributed by atoms with E-state index in [-0.39, 0.29) is 40.0 Å². The first kappa shape index (κ1) is 24.0. The van der Waals surface area contributed by atoms with Crippen molar-refractivity contribution in [2.24, 2.45) is 0 Å². The number of likely N-dealkylation sites (N-methyl/N-ethyl adjacent to an activating group) is 1. The van der Waals surface area contributed by atoms with Gasteiger partial charge in [0, 0.05) is 44.5 Å². The number of carbonyl (C=O) groups is 1. The van der Waals surface area contributed by atoms with Crippen molar-refractivity contribution in [3.8, 4) is 5.75 Å². The third-order valence-corrected chi connectivity index (χ3v) is 6.93. The Kier molecular flexibility index (Phi) is 6.05. The summed E-state index contributed by atoms with van der Waals surface area (Å²) in [7, 11) is 2.00. The average molecular weight is 516 g/mol. The molecule has 1 amide bonds. The molecule has 36 heavy (non-hydrogen) atoms. The maximum atomic E-state index is 15.5. The van der Waals surface area contributed by atoms with Crippen molar-refractivity contribution < 1.29 is 18.8 Å². The number of amides is 1. The molecule has 3 aromatic rings. The molecule has 1 atom stereocenters. The first-order valence-electron chi connectivity index (χ1n) is 11.4. The molecule has 0 unspecified atom stereocenters. The number of carbonyl (C=O) groups excluding carboxylic acids is 1. The third-order valence-electron chi connectivity index (χ3n) is 6.62. The van der Waals surface area contributed by atoms with Crippen LogP contribution in [0.1, 0.15) is 23.3 Å². The van der Waals surface area contributed by atoms with Crippen molar-refractivity contribution in [3.05, 3.63) is 67.2 Å². The minimum absolute atomic E-state index is 0.0365. The fraction of sp³-hybridized carbons (Fsp3) is 0.333. The van der Waals surface area contributed by atoms with Gasteiger partial charge in [0.2, 0.25) is 5.43 Å². The predicted octanol–water partition coefficient (Wildman–Crippen LogP) is 3.66. The summed E-state index contributed by atoms with van der Waals surface area (Å²) in [6.45, 7) is 4.89. The molecule has 10 nitrogen and oxygen atoms in total. The summed E-state index contributed by atoms with van der Waals surface area (Å²) < 4.78 is 23.2. The molecule has 1 aromatic heterocycles. The SMILES string of the molecule is C[C@H]1COc2c(N3CCN(C)CC3)c(F)cc3c(=O)c(C(=O)Nc4ccc([N+](=O)[O-])cc4Cl)cn1c23. The molecule has 0 radical (unpaired) electrons. The molecule has 0 saturated carbocycles. The first-order valence-corrected chi connectivity index (χ1v) is 11.8. The monoisotopic (exact) mass is 515 g/mol. The molecular formula is C24H23ClFN5O5. The van der Waals surface area contributed by atoms with Gasteiger partial charge in [-0.25, -0.2) is 4.39 Å². The number of hydrogen-bond donors (Lipinski definition) is 1. The van der Waals surface area contributed by atoms with Gasteiger partial charge < -0.3 is 24.4 Å². The standard InChI is InChI=1S/C24H23ClFN5O5/c1-13-12-36-23-20-15(10-18(26)21(23)29-7-5-28(2)6-8-29)22(32)16(11-30(13)20)24(33)27-19-4-3-14(31(34)35)9-17(19)25/h3-4,9-11,13H,5-8,12H2,1-2H3,(H,27,33)/t13-/m0/s1. The van der Waals surface area contributed by atoms with Crippen LogP contribution in [-0.4, -0.2) is 60.1 Å². The van der Waals surface area contributed by atoms with Crippen molar-refractivity contribution in [2.45, 2.75) is 13.0 Å². The highest BCUT2D eigenvalue weighted by Crippen LogP contribution is 2.42. The minimum atomic E-state index is -0.759. The molecule has 2 aliphatic rings. The van der Waals surface area contributed by atoms with E-state index in [9.17, 15) is 19.7 Å². The number of piperazine rings is 1. The Bertz CT molecular complexity index is 1470. The molecule has 2 aromatic carbocycles. The van der Waals surface area contributed by atoms with Crippen LogP contribution in [0.2, 0.25) is 5.02 Å². The van der Waals surface area contributed by atoms with Crippen molar-refractivity contribution >= 4 is 45.5 Å². The van der Waals surface area contributed by atoms with E-state index in [2.05, 4.69) is 10.2 Å². The van der Waals surface area contributed by atoms with Gasteiger partial charge in [0.05, 0.1) is 32.6 Å². The summed E-state index contributed by atoms with van der Waals surface area (Å²) in [6.07, 6.45) is 1.45. The van der Waals surface area contributed by atoms with Crippen LogP contribution in [0.25, 0.3) is 10.9 Å². The molecule has 0 spiro atoms. The zero-order valence-corrected chi connectivity index (χ0v) is 20.3. The third kappa shape index (κ3) is 4.03. The van der Waals surface area contributed by atoms with E-state index in [1.807, 2.05) is 18.9 Å². The van der Waals surface area contributed by atoms with E-state index in [0.29, 0.717) is 30.0 Å². The summed E-state index contributed by atoms with van der Waals surface area (Å²) in [4.78, 5) is 40.9. The smallest absolute Gasteiger partial charge is 0.271 e. The van der Waals surface area contributed by atoms with Crippen molar-refractivity contribution in [1.82, 2.24) is 9.47 Å². The lowest BCUT2D eigenvalue weighted by molar-refractivity contribution is -0.384. The van der Waals surface area contributed by atoms with E-state index in [0.717, 1.165) is 19.2 Å². The van der Waals surface area contributed by atoms with Gasteiger partial charge in [-0.15, -0.1) is 0 Å². The zero-order valence-electron chi connectivity index (χ0n) is 19.6. The van der Waals surface area contributed by atoms with Gasteiger partial charge in [-0.3, -0.25) is 19.7 Å². The summed E-state index contributed by atoms with van der Waals surface area (Å²) in [5, 5.41) is 13.5. The number of non-ortho nitro benzene ring substituents is 1. The second-order valence-electron chi connectivity index (χ2n) is 9.04. The Morgan fingerprint density at radius 2 is 1.97 bits per heavy atom. The van der Waals surface area contributed by atoms with Gasteiger partial charge in [0.1, 0.15) is 17.9 Å². The van der Waals surface area contributed by atoms with Gasteiger partial charge >= 0.3 is 0 Å². The fourth-order valence-corrected chi connectivity index (χ4v) is 4.83. The van der Waals surface area contributed by atoms with Crippen LogP contribution >= 0.6 is 11.6 Å². The number of nitrogens with zero attached hydrogens (tertiary/aromatic N) is 4. The van der Waals surface area contributed by atoms with E-state index in [1.54, 1.807) is 4.57 Å². The summed E-state index contributed by atoms with van der Waals surface area (Å²) in [6, 6.07) is 4.54. The van der Waals surface area contributed by atoms with Crippen LogP contribution in [0.15, 0.2) is 35.3 Å². The minimum Gasteiger partial charge on any atom is -0.487 e. The van der Waals surface area contributed by atoms with Crippen LogP contribution in [0.4, 0.5) is 21.5 Å². The van der Waals surface area contributed by atoms with E-state index in [4.69, 9.17) is 16.3 Å². The van der Waals surface area contributed by atoms with Gasteiger partial charge in [-0.05, 0) is 26.1 Å². The quantitative estimate of drug-likeness (QED) is 0.417. The maximum Gasteiger partial charge on any atom is 0.271 e. The van der Waals surface area contributed by atoms with Gasteiger partial charge in [0.15, 0.2) is 11.6 Å². The zero-order chi connectivity index (χ0) is 25.7. The first-order chi connectivity index (χ1) is 17.2. The predicted molar refractivity (Wildman–Crippen MR) is 134 cm³/mol. The lowest BCUT2D eigenvalue weighted by Gasteiger charge is -2.37. The number of pyridine rings is 1. The lowest BCUT2D eigenvalue weighted by Crippen LogP contribution is -2.45. The molecule has 3 heterocycles. The second kappa shape index (κ2) is 9.07. The maximum absolute atomic E-state index is 15.5. The number of halogens is 2. The van der Waals surface area contributed by atoms with Crippen LogP contribution in [0.5, 0.6) is 5.75 Å². The Morgan fingerprint density at radius 3 is 2.64 bits per heavy atom. The number of hydrogen-bond acceptors (Lipinski definition) is 7. The fourth-order valence-electron chi connectivity index (χ4n) is 4.61. The molecule has 5 rings (SSSR count). The number of ether oxygens (including phenoxy) is 1. The lowest BCUT2D eigenvalue weighted by atomic mass is 10.0. The number of nitro groups is 1. The van der Waals surface area contributed by atoms with E-state index in [1.165, 1.54) is 24.4 Å². The molecule has 0 aliphatic carbocycles. The van der Waals surface area contributed by atoms with Crippen LogP contribution < -0.4 is 20.4 Å². The number of nitro benzene ring substituents is 1. The van der Waals surface area contributed by atoms with E-state index < -0.39 is 22.1 Å². The van der Waals surface area contributed by atoms with Crippen molar-refractivity contribution in [3.63, 3.8) is 0 Å². The van der Waals surface area contributed by atoms with Crippen LogP contribution in [0.3, 0.4) is 0 Å². The molecule has 0 bridgehead atoms.